The number of anilines is 1. The number of benzene rings is 1. The first-order valence-corrected chi connectivity index (χ1v) is 7.93. The van der Waals surface area contributed by atoms with Crippen molar-refractivity contribution in [1.82, 2.24) is 9.78 Å². The van der Waals surface area contributed by atoms with E-state index in [0.29, 0.717) is 16.9 Å². The van der Waals surface area contributed by atoms with Gasteiger partial charge in [0, 0.05) is 5.92 Å². The Morgan fingerprint density at radius 2 is 2.17 bits per heavy atom. The zero-order valence-electron chi connectivity index (χ0n) is 13.1. The predicted molar refractivity (Wildman–Crippen MR) is 85.1 cm³/mol. The molecule has 2 N–H and O–H groups in total. The van der Waals surface area contributed by atoms with E-state index in [9.17, 15) is 9.18 Å². The molecule has 1 aliphatic carbocycles. The molecule has 0 atom stereocenters. The van der Waals surface area contributed by atoms with Crippen LogP contribution in [0.15, 0.2) is 24.3 Å². The zero-order valence-corrected chi connectivity index (χ0v) is 13.1. The Kier molecular flexibility index (Phi) is 4.32. The second-order valence-electron chi connectivity index (χ2n) is 5.74. The number of nitrogen functional groups attached to an aromatic ring is 1. The van der Waals surface area contributed by atoms with Gasteiger partial charge in [-0.15, -0.1) is 0 Å². The van der Waals surface area contributed by atoms with Crippen LogP contribution in [0.3, 0.4) is 0 Å². The molecule has 0 saturated heterocycles. The molecule has 1 aromatic heterocycles. The Hall–Kier alpha value is -2.37. The zero-order chi connectivity index (χ0) is 16.4. The van der Waals surface area contributed by atoms with Crippen molar-refractivity contribution in [3.63, 3.8) is 0 Å². The third-order valence-corrected chi connectivity index (χ3v) is 4.22. The highest BCUT2D eigenvalue weighted by Crippen LogP contribution is 2.37. The number of nitrogens with two attached hydrogens (primary N) is 1. The van der Waals surface area contributed by atoms with E-state index in [1.807, 2.05) is 0 Å². The van der Waals surface area contributed by atoms with Crippen LogP contribution in [0.25, 0.3) is 5.69 Å². The first kappa shape index (κ1) is 15.5. The molecule has 0 aliphatic heterocycles. The molecular formula is C17H20FN3O2. The summed E-state index contributed by atoms with van der Waals surface area (Å²) in [6.07, 6.45) is 4.18. The van der Waals surface area contributed by atoms with Gasteiger partial charge in [0.1, 0.15) is 17.2 Å². The first-order chi connectivity index (χ1) is 11.1. The maximum Gasteiger partial charge on any atom is 0.343 e. The van der Waals surface area contributed by atoms with E-state index in [2.05, 4.69) is 5.10 Å². The fraction of sp³-hybridized carbons (Fsp3) is 0.412. The van der Waals surface area contributed by atoms with E-state index in [4.69, 9.17) is 10.5 Å². The fourth-order valence-corrected chi connectivity index (χ4v) is 3.15. The van der Waals surface area contributed by atoms with Crippen LogP contribution in [0.5, 0.6) is 0 Å². The second kappa shape index (κ2) is 6.40. The van der Waals surface area contributed by atoms with Gasteiger partial charge in [-0.3, -0.25) is 0 Å². The Balaban J connectivity index is 2.11. The molecule has 3 rings (SSSR count). The van der Waals surface area contributed by atoms with Crippen molar-refractivity contribution in [3.8, 4) is 5.69 Å². The lowest BCUT2D eigenvalue weighted by molar-refractivity contribution is 0.0526. The molecule has 0 spiro atoms. The SMILES string of the molecule is CCOC(=O)c1c(C2CCCC2)nn(-c2cccc(F)c2)c1N. The molecule has 23 heavy (non-hydrogen) atoms. The van der Waals surface area contributed by atoms with Crippen molar-refractivity contribution >= 4 is 11.8 Å². The number of aromatic nitrogens is 2. The van der Waals surface area contributed by atoms with E-state index < -0.39 is 5.97 Å². The van der Waals surface area contributed by atoms with Crippen LogP contribution >= 0.6 is 0 Å². The third kappa shape index (κ3) is 2.93. The summed E-state index contributed by atoms with van der Waals surface area (Å²) in [4.78, 5) is 12.3. The average molecular weight is 317 g/mol. The van der Waals surface area contributed by atoms with E-state index in [0.717, 1.165) is 25.7 Å². The van der Waals surface area contributed by atoms with Gasteiger partial charge in [-0.05, 0) is 38.0 Å². The predicted octanol–water partition coefficient (Wildman–Crippen LogP) is 3.43. The number of halogens is 1. The summed E-state index contributed by atoms with van der Waals surface area (Å²) in [5.74, 6) is -0.436. The number of ether oxygens (including phenoxy) is 1. The van der Waals surface area contributed by atoms with Crippen LogP contribution in [0.1, 0.15) is 54.6 Å². The Morgan fingerprint density at radius 3 is 2.83 bits per heavy atom. The van der Waals surface area contributed by atoms with Crippen molar-refractivity contribution in [2.24, 2.45) is 0 Å². The van der Waals surface area contributed by atoms with Crippen molar-refractivity contribution in [2.75, 3.05) is 12.3 Å². The minimum atomic E-state index is -0.463. The van der Waals surface area contributed by atoms with Gasteiger partial charge in [0.2, 0.25) is 0 Å². The lowest BCUT2D eigenvalue weighted by Crippen LogP contribution is -2.11. The maximum absolute atomic E-state index is 13.5. The minimum absolute atomic E-state index is 0.200. The van der Waals surface area contributed by atoms with Crippen LogP contribution in [-0.2, 0) is 4.74 Å². The van der Waals surface area contributed by atoms with Crippen molar-refractivity contribution in [1.29, 1.82) is 0 Å². The topological polar surface area (TPSA) is 70.1 Å². The van der Waals surface area contributed by atoms with Crippen LogP contribution in [0.2, 0.25) is 0 Å². The van der Waals surface area contributed by atoms with E-state index in [-0.39, 0.29) is 24.2 Å². The molecule has 5 nitrogen and oxygen atoms in total. The molecule has 0 unspecified atom stereocenters. The molecule has 1 fully saturated rings. The summed E-state index contributed by atoms with van der Waals surface area (Å²) in [5, 5.41) is 4.53. The van der Waals surface area contributed by atoms with Gasteiger partial charge in [0.05, 0.1) is 18.0 Å². The van der Waals surface area contributed by atoms with Gasteiger partial charge < -0.3 is 10.5 Å². The van der Waals surface area contributed by atoms with Crippen LogP contribution < -0.4 is 5.73 Å². The van der Waals surface area contributed by atoms with Crippen molar-refractivity contribution < 1.29 is 13.9 Å². The lowest BCUT2D eigenvalue weighted by atomic mass is 10.00. The van der Waals surface area contributed by atoms with Gasteiger partial charge in [0.25, 0.3) is 0 Å². The smallest absolute Gasteiger partial charge is 0.343 e. The molecule has 6 heteroatoms. The number of rotatable bonds is 4. The molecule has 0 amide bonds. The number of carbonyl (C=O) groups excluding carboxylic acids is 1. The first-order valence-electron chi connectivity index (χ1n) is 7.93. The van der Waals surface area contributed by atoms with Gasteiger partial charge >= 0.3 is 5.97 Å². The third-order valence-electron chi connectivity index (χ3n) is 4.22. The van der Waals surface area contributed by atoms with Crippen LogP contribution in [0, 0.1) is 5.82 Å². The van der Waals surface area contributed by atoms with Crippen molar-refractivity contribution in [2.45, 2.75) is 38.5 Å². The van der Waals surface area contributed by atoms with Gasteiger partial charge in [-0.1, -0.05) is 18.9 Å². The van der Waals surface area contributed by atoms with E-state index in [1.165, 1.54) is 16.8 Å². The number of carbonyl (C=O) groups is 1. The highest BCUT2D eigenvalue weighted by atomic mass is 19.1. The summed E-state index contributed by atoms with van der Waals surface area (Å²) in [6.45, 7) is 2.02. The summed E-state index contributed by atoms with van der Waals surface area (Å²) in [7, 11) is 0. The molecule has 122 valence electrons. The molecule has 1 heterocycles. The minimum Gasteiger partial charge on any atom is -0.462 e. The standard InChI is InChI=1S/C17H20FN3O2/c1-2-23-17(22)14-15(11-6-3-4-7-11)20-21(16(14)19)13-9-5-8-12(18)10-13/h5,8-11H,2-4,6-7,19H2,1H3. The Bertz CT molecular complexity index is 721. The molecule has 0 bridgehead atoms. The normalized spacial score (nSPS) is 15.0. The lowest BCUT2D eigenvalue weighted by Gasteiger charge is -2.08. The highest BCUT2D eigenvalue weighted by molar-refractivity contribution is 5.96. The molecule has 1 aromatic carbocycles. The van der Waals surface area contributed by atoms with Gasteiger partial charge in [-0.25, -0.2) is 13.9 Å². The quantitative estimate of drug-likeness (QED) is 0.877. The number of nitrogens with zero attached hydrogens (tertiary/aromatic N) is 2. The van der Waals surface area contributed by atoms with Crippen molar-refractivity contribution in [3.05, 3.63) is 41.3 Å². The van der Waals surface area contributed by atoms with Gasteiger partial charge in [0.15, 0.2) is 0 Å². The van der Waals surface area contributed by atoms with Crippen LogP contribution in [0.4, 0.5) is 10.2 Å². The van der Waals surface area contributed by atoms with E-state index in [1.54, 1.807) is 19.1 Å². The monoisotopic (exact) mass is 317 g/mol. The molecule has 1 aliphatic rings. The van der Waals surface area contributed by atoms with E-state index >= 15 is 0 Å². The summed E-state index contributed by atoms with van der Waals surface area (Å²) < 4.78 is 20.1. The van der Waals surface area contributed by atoms with Crippen LogP contribution in [-0.4, -0.2) is 22.4 Å². The molecular weight excluding hydrogens is 297 g/mol. The summed E-state index contributed by atoms with van der Waals surface area (Å²) in [6, 6.07) is 5.99. The van der Waals surface area contributed by atoms with Gasteiger partial charge in [-0.2, -0.15) is 5.10 Å². The maximum atomic E-state index is 13.5. The molecule has 2 aromatic rings. The highest BCUT2D eigenvalue weighted by Gasteiger charge is 2.30. The number of hydrogen-bond donors (Lipinski definition) is 1. The Labute approximate surface area is 134 Å². The largest absolute Gasteiger partial charge is 0.462 e. The summed E-state index contributed by atoms with van der Waals surface area (Å²) in [5.41, 5.74) is 7.65. The Morgan fingerprint density at radius 1 is 1.43 bits per heavy atom. The molecule has 0 radical (unpaired) electrons. The number of hydrogen-bond acceptors (Lipinski definition) is 4. The molecule has 1 saturated carbocycles. The average Bonchev–Trinajstić information content (AvgIpc) is 3.15. The fourth-order valence-electron chi connectivity index (χ4n) is 3.15. The summed E-state index contributed by atoms with van der Waals surface area (Å²) >= 11 is 0. The second-order valence-corrected chi connectivity index (χ2v) is 5.74. The number of esters is 1.